The Balaban J connectivity index is 2.32. The van der Waals surface area contributed by atoms with E-state index in [1.807, 2.05) is 0 Å². The zero-order valence-electron chi connectivity index (χ0n) is 12.9. The maximum absolute atomic E-state index is 12.4. The Hall–Kier alpha value is -3.35. The van der Waals surface area contributed by atoms with Crippen molar-refractivity contribution >= 4 is 11.0 Å². The lowest BCUT2D eigenvalue weighted by molar-refractivity contribution is 0.352. The summed E-state index contributed by atoms with van der Waals surface area (Å²) in [6.07, 6.45) is 0. The lowest BCUT2D eigenvalue weighted by atomic mass is 10.1. The van der Waals surface area contributed by atoms with E-state index in [0.717, 1.165) is 0 Å². The van der Waals surface area contributed by atoms with Crippen molar-refractivity contribution in [3.8, 4) is 40.1 Å². The van der Waals surface area contributed by atoms with E-state index in [-0.39, 0.29) is 22.5 Å². The number of benzene rings is 2. The van der Waals surface area contributed by atoms with E-state index in [9.17, 15) is 20.1 Å². The van der Waals surface area contributed by atoms with Gasteiger partial charge in [0.1, 0.15) is 16.7 Å². The van der Waals surface area contributed by atoms with E-state index in [4.69, 9.17) is 13.9 Å². The fourth-order valence-electron chi connectivity index (χ4n) is 2.38. The summed E-state index contributed by atoms with van der Waals surface area (Å²) in [5, 5.41) is 29.6. The molecule has 0 saturated carbocycles. The first-order chi connectivity index (χ1) is 11.5. The van der Waals surface area contributed by atoms with Crippen LogP contribution in [-0.2, 0) is 0 Å². The highest BCUT2D eigenvalue weighted by Gasteiger charge is 2.22. The highest BCUT2D eigenvalue weighted by atomic mass is 16.5. The molecule has 1 heterocycles. The first kappa shape index (κ1) is 15.5. The smallest absolute Gasteiger partial charge is 0.238 e. The Morgan fingerprint density at radius 3 is 2.17 bits per heavy atom. The Morgan fingerprint density at radius 1 is 0.917 bits per heavy atom. The molecule has 7 heteroatoms. The Labute approximate surface area is 135 Å². The summed E-state index contributed by atoms with van der Waals surface area (Å²) in [7, 11) is 2.81. The summed E-state index contributed by atoms with van der Waals surface area (Å²) in [4.78, 5) is 12.4. The van der Waals surface area contributed by atoms with Gasteiger partial charge in [0.2, 0.25) is 16.9 Å². The van der Waals surface area contributed by atoms with Crippen molar-refractivity contribution in [1.82, 2.24) is 0 Å². The predicted molar refractivity (Wildman–Crippen MR) is 86.0 cm³/mol. The summed E-state index contributed by atoms with van der Waals surface area (Å²) in [6, 6.07) is 7.78. The van der Waals surface area contributed by atoms with Crippen molar-refractivity contribution in [3.05, 3.63) is 40.6 Å². The van der Waals surface area contributed by atoms with E-state index < -0.39 is 22.7 Å². The topological polar surface area (TPSA) is 109 Å². The molecule has 0 aliphatic rings. The molecule has 0 radical (unpaired) electrons. The van der Waals surface area contributed by atoms with Crippen molar-refractivity contribution in [1.29, 1.82) is 0 Å². The van der Waals surface area contributed by atoms with E-state index in [0.29, 0.717) is 11.3 Å². The summed E-state index contributed by atoms with van der Waals surface area (Å²) in [5.41, 5.74) is -0.452. The first-order valence-corrected chi connectivity index (χ1v) is 6.91. The van der Waals surface area contributed by atoms with Gasteiger partial charge in [-0.2, -0.15) is 0 Å². The molecule has 0 unspecified atom stereocenters. The van der Waals surface area contributed by atoms with E-state index in [2.05, 4.69) is 0 Å². The zero-order valence-corrected chi connectivity index (χ0v) is 12.9. The van der Waals surface area contributed by atoms with Crippen molar-refractivity contribution in [2.24, 2.45) is 0 Å². The third-order valence-corrected chi connectivity index (χ3v) is 3.64. The standard InChI is InChI=1S/C17H14O7/c1-22-9-5-3-8(4-6-9)17-16(21)15(20)12-10(24-17)7-11(23-2)13(18)14(12)19/h3-7,18-19,21H,1-2H3. The molecule has 0 atom stereocenters. The molecule has 3 rings (SSSR count). The second kappa shape index (κ2) is 5.69. The van der Waals surface area contributed by atoms with Crippen LogP contribution >= 0.6 is 0 Å². The number of aromatic hydroxyl groups is 3. The molecule has 0 spiro atoms. The molecule has 3 N–H and O–H groups in total. The van der Waals surface area contributed by atoms with Gasteiger partial charge in [-0.05, 0) is 24.3 Å². The van der Waals surface area contributed by atoms with E-state index >= 15 is 0 Å². The highest BCUT2D eigenvalue weighted by Crippen LogP contribution is 2.42. The third-order valence-electron chi connectivity index (χ3n) is 3.64. The summed E-state index contributed by atoms with van der Waals surface area (Å²) < 4.78 is 15.6. The largest absolute Gasteiger partial charge is 0.504 e. The number of phenols is 2. The highest BCUT2D eigenvalue weighted by molar-refractivity contribution is 5.91. The average molecular weight is 330 g/mol. The summed E-state index contributed by atoms with van der Waals surface area (Å²) in [6.45, 7) is 0. The van der Waals surface area contributed by atoms with Crippen LogP contribution in [0.15, 0.2) is 39.5 Å². The fourth-order valence-corrected chi connectivity index (χ4v) is 2.38. The van der Waals surface area contributed by atoms with Gasteiger partial charge < -0.3 is 29.2 Å². The number of rotatable bonds is 3. The van der Waals surface area contributed by atoms with Crippen molar-refractivity contribution in [2.75, 3.05) is 14.2 Å². The quantitative estimate of drug-likeness (QED) is 0.633. The van der Waals surface area contributed by atoms with Crippen LogP contribution in [0.4, 0.5) is 0 Å². The van der Waals surface area contributed by atoms with Crippen LogP contribution < -0.4 is 14.9 Å². The van der Waals surface area contributed by atoms with E-state index in [1.165, 1.54) is 20.3 Å². The molecular weight excluding hydrogens is 316 g/mol. The van der Waals surface area contributed by atoms with Gasteiger partial charge in [-0.15, -0.1) is 0 Å². The van der Waals surface area contributed by atoms with E-state index in [1.54, 1.807) is 24.3 Å². The molecule has 2 aromatic carbocycles. The van der Waals surface area contributed by atoms with Crippen LogP contribution in [0.5, 0.6) is 28.7 Å². The summed E-state index contributed by atoms with van der Waals surface area (Å²) in [5.74, 6) is -1.52. The monoisotopic (exact) mass is 330 g/mol. The molecule has 0 bridgehead atoms. The molecule has 7 nitrogen and oxygen atoms in total. The maximum atomic E-state index is 12.4. The minimum Gasteiger partial charge on any atom is -0.504 e. The van der Waals surface area contributed by atoms with Gasteiger partial charge in [0.25, 0.3) is 0 Å². The maximum Gasteiger partial charge on any atom is 0.238 e. The number of hydrogen-bond acceptors (Lipinski definition) is 7. The third kappa shape index (κ3) is 2.26. The molecule has 0 aliphatic carbocycles. The SMILES string of the molecule is COc1ccc(-c2oc3cc(OC)c(O)c(O)c3c(=O)c2O)cc1. The van der Waals surface area contributed by atoms with Crippen LogP contribution in [0.1, 0.15) is 0 Å². The Bertz CT molecular complexity index is 971. The second-order valence-electron chi connectivity index (χ2n) is 4.99. The van der Waals surface area contributed by atoms with Gasteiger partial charge in [0, 0.05) is 11.6 Å². The van der Waals surface area contributed by atoms with Gasteiger partial charge in [0.15, 0.2) is 17.3 Å². The molecule has 0 aliphatic heterocycles. The lowest BCUT2D eigenvalue weighted by Crippen LogP contribution is -2.03. The molecular formula is C17H14O7. The van der Waals surface area contributed by atoms with Gasteiger partial charge in [-0.1, -0.05) is 0 Å². The first-order valence-electron chi connectivity index (χ1n) is 6.91. The Kier molecular flexibility index (Phi) is 3.69. The normalized spacial score (nSPS) is 10.8. The number of phenolic OH excluding ortho intramolecular Hbond substituents is 2. The minimum absolute atomic E-state index is 0.0317. The molecule has 0 saturated heterocycles. The van der Waals surface area contributed by atoms with Crippen molar-refractivity contribution in [2.45, 2.75) is 0 Å². The molecule has 3 aromatic rings. The van der Waals surface area contributed by atoms with Crippen LogP contribution in [0.2, 0.25) is 0 Å². The molecule has 124 valence electrons. The van der Waals surface area contributed by atoms with Crippen LogP contribution in [0.25, 0.3) is 22.3 Å². The average Bonchev–Trinajstić information content (AvgIpc) is 2.60. The van der Waals surface area contributed by atoms with Crippen LogP contribution in [0, 0.1) is 0 Å². The van der Waals surface area contributed by atoms with Crippen molar-refractivity contribution < 1.29 is 29.2 Å². The summed E-state index contributed by atoms with van der Waals surface area (Å²) >= 11 is 0. The number of hydrogen-bond donors (Lipinski definition) is 3. The molecule has 0 amide bonds. The number of methoxy groups -OCH3 is 2. The number of ether oxygens (including phenoxy) is 2. The van der Waals surface area contributed by atoms with Gasteiger partial charge in [0.05, 0.1) is 14.2 Å². The fraction of sp³-hybridized carbons (Fsp3) is 0.118. The molecule has 24 heavy (non-hydrogen) atoms. The molecule has 0 fully saturated rings. The number of fused-ring (bicyclic) bond motifs is 1. The van der Waals surface area contributed by atoms with Crippen LogP contribution in [-0.4, -0.2) is 29.5 Å². The second-order valence-corrected chi connectivity index (χ2v) is 4.99. The predicted octanol–water partition coefficient (Wildman–Crippen LogP) is 2.59. The van der Waals surface area contributed by atoms with Gasteiger partial charge in [-0.25, -0.2) is 0 Å². The van der Waals surface area contributed by atoms with Crippen LogP contribution in [0.3, 0.4) is 0 Å². The minimum atomic E-state index is -0.863. The Morgan fingerprint density at radius 2 is 1.58 bits per heavy atom. The van der Waals surface area contributed by atoms with Gasteiger partial charge >= 0.3 is 0 Å². The van der Waals surface area contributed by atoms with Crippen molar-refractivity contribution in [3.63, 3.8) is 0 Å². The lowest BCUT2D eigenvalue weighted by Gasteiger charge is -2.10. The zero-order chi connectivity index (χ0) is 17.4. The van der Waals surface area contributed by atoms with Gasteiger partial charge in [-0.3, -0.25) is 4.79 Å². The molecule has 1 aromatic heterocycles.